The van der Waals surface area contributed by atoms with Gasteiger partial charge in [-0.3, -0.25) is 0 Å². The molecule has 3 rings (SSSR count). The molecule has 2 N–H and O–H groups in total. The Morgan fingerprint density at radius 3 is 2.83 bits per heavy atom. The maximum absolute atomic E-state index is 9.48. The second-order valence-corrected chi connectivity index (χ2v) is 6.96. The van der Waals surface area contributed by atoms with E-state index >= 15 is 0 Å². The highest BCUT2D eigenvalue weighted by Gasteiger charge is 2.19. The number of aliphatic hydroxyl groups is 1. The van der Waals surface area contributed by atoms with E-state index in [1.807, 2.05) is 12.1 Å². The second-order valence-electron chi connectivity index (χ2n) is 6.52. The summed E-state index contributed by atoms with van der Waals surface area (Å²) in [5.74, 6) is 1.96. The third-order valence-corrected chi connectivity index (χ3v) is 4.73. The van der Waals surface area contributed by atoms with E-state index in [1.54, 1.807) is 6.33 Å². The summed E-state index contributed by atoms with van der Waals surface area (Å²) in [6.45, 7) is 5.94. The fourth-order valence-corrected chi connectivity index (χ4v) is 3.12. The van der Waals surface area contributed by atoms with Gasteiger partial charge in [-0.2, -0.15) is 0 Å². The molecule has 2 aromatic rings. The zero-order chi connectivity index (χ0) is 17.1. The van der Waals surface area contributed by atoms with Gasteiger partial charge in [0, 0.05) is 24.2 Å². The van der Waals surface area contributed by atoms with Gasteiger partial charge in [0.25, 0.3) is 0 Å². The molecule has 1 aliphatic heterocycles. The van der Waals surface area contributed by atoms with Gasteiger partial charge in [-0.15, -0.1) is 0 Å². The average Bonchev–Trinajstić information content (AvgIpc) is 2.59. The number of halogens is 1. The first-order valence-corrected chi connectivity index (χ1v) is 8.66. The van der Waals surface area contributed by atoms with Crippen LogP contribution in [0.15, 0.2) is 30.6 Å². The fraction of sp³-hybridized carbons (Fsp3) is 0.444. The van der Waals surface area contributed by atoms with Crippen molar-refractivity contribution in [3.63, 3.8) is 0 Å². The van der Waals surface area contributed by atoms with Crippen molar-refractivity contribution in [2.24, 2.45) is 5.92 Å². The lowest BCUT2D eigenvalue weighted by Crippen LogP contribution is -2.32. The quantitative estimate of drug-likeness (QED) is 0.871. The molecule has 128 valence electrons. The van der Waals surface area contributed by atoms with Crippen LogP contribution in [0.3, 0.4) is 0 Å². The number of aliphatic hydroxyl groups excluding tert-OH is 1. The first kappa shape index (κ1) is 17.0. The van der Waals surface area contributed by atoms with E-state index in [0.717, 1.165) is 36.2 Å². The second kappa shape index (κ2) is 7.36. The number of hydrogen-bond donors (Lipinski definition) is 2. The molecule has 0 radical (unpaired) electrons. The Morgan fingerprint density at radius 1 is 1.25 bits per heavy atom. The molecule has 0 saturated heterocycles. The van der Waals surface area contributed by atoms with E-state index in [9.17, 15) is 5.11 Å². The molecule has 0 spiro atoms. The lowest BCUT2D eigenvalue weighted by Gasteiger charge is -2.30. The van der Waals surface area contributed by atoms with E-state index in [4.69, 9.17) is 11.6 Å². The van der Waals surface area contributed by atoms with Crippen molar-refractivity contribution in [2.75, 3.05) is 23.4 Å². The van der Waals surface area contributed by atoms with Crippen molar-refractivity contribution in [1.82, 2.24) is 9.97 Å². The predicted molar refractivity (Wildman–Crippen MR) is 97.6 cm³/mol. The summed E-state index contributed by atoms with van der Waals surface area (Å²) in [6.07, 6.45) is 2.53. The molecule has 0 aliphatic carbocycles. The lowest BCUT2D eigenvalue weighted by atomic mass is 10.00. The molecule has 1 aliphatic rings. The summed E-state index contributed by atoms with van der Waals surface area (Å²) in [6, 6.07) is 8.01. The summed E-state index contributed by atoms with van der Waals surface area (Å²) in [5, 5.41) is 13.6. The van der Waals surface area contributed by atoms with Crippen LogP contribution in [-0.4, -0.2) is 34.3 Å². The zero-order valence-corrected chi connectivity index (χ0v) is 14.8. The average molecular weight is 347 g/mol. The van der Waals surface area contributed by atoms with Gasteiger partial charge in [0.2, 0.25) is 0 Å². The van der Waals surface area contributed by atoms with Crippen LogP contribution >= 0.6 is 11.6 Å². The number of aromatic nitrogens is 2. The van der Waals surface area contributed by atoms with Gasteiger partial charge in [-0.05, 0) is 35.6 Å². The first-order chi connectivity index (χ1) is 11.6. The largest absolute Gasteiger partial charge is 0.394 e. The molecule has 0 bridgehead atoms. The standard InChI is InChI=1S/C18H23ClN4O/c1-12(2)16(10-24)22-17-8-18(21-11-20-17)23-6-5-13-7-15(19)4-3-14(13)9-23/h3-4,7-8,11-12,16,24H,5-6,9-10H2,1-2H3,(H,20,21,22)/t16-/m0/s1. The minimum absolute atomic E-state index is 0.0167. The van der Waals surface area contributed by atoms with E-state index in [2.05, 4.69) is 46.2 Å². The van der Waals surface area contributed by atoms with Crippen molar-refractivity contribution in [1.29, 1.82) is 0 Å². The highest BCUT2D eigenvalue weighted by atomic mass is 35.5. The lowest BCUT2D eigenvalue weighted by molar-refractivity contribution is 0.249. The molecule has 0 saturated carbocycles. The Morgan fingerprint density at radius 2 is 2.08 bits per heavy atom. The van der Waals surface area contributed by atoms with Crippen LogP contribution in [0.25, 0.3) is 0 Å². The van der Waals surface area contributed by atoms with Gasteiger partial charge in [-0.1, -0.05) is 31.5 Å². The first-order valence-electron chi connectivity index (χ1n) is 8.28. The molecule has 0 amide bonds. The molecule has 0 unspecified atom stereocenters. The molecule has 24 heavy (non-hydrogen) atoms. The molecule has 5 nitrogen and oxygen atoms in total. The maximum Gasteiger partial charge on any atom is 0.134 e. The smallest absolute Gasteiger partial charge is 0.134 e. The Hall–Kier alpha value is -1.85. The van der Waals surface area contributed by atoms with Gasteiger partial charge in [0.05, 0.1) is 12.6 Å². The van der Waals surface area contributed by atoms with Crippen LogP contribution in [0.4, 0.5) is 11.6 Å². The van der Waals surface area contributed by atoms with Gasteiger partial charge in [0.15, 0.2) is 0 Å². The molecule has 1 atom stereocenters. The minimum Gasteiger partial charge on any atom is -0.394 e. The van der Waals surface area contributed by atoms with Crippen LogP contribution in [0.1, 0.15) is 25.0 Å². The molecular weight excluding hydrogens is 324 g/mol. The minimum atomic E-state index is -0.0167. The van der Waals surface area contributed by atoms with Crippen molar-refractivity contribution in [3.05, 3.63) is 46.7 Å². The number of fused-ring (bicyclic) bond motifs is 1. The number of nitrogens with zero attached hydrogens (tertiary/aromatic N) is 3. The summed E-state index contributed by atoms with van der Waals surface area (Å²) in [4.78, 5) is 10.9. The van der Waals surface area contributed by atoms with E-state index in [1.165, 1.54) is 11.1 Å². The Labute approximate surface area is 147 Å². The Balaban J connectivity index is 1.76. The fourth-order valence-electron chi connectivity index (χ4n) is 2.93. The van der Waals surface area contributed by atoms with Crippen molar-refractivity contribution in [2.45, 2.75) is 32.9 Å². The van der Waals surface area contributed by atoms with Crippen molar-refractivity contribution >= 4 is 23.2 Å². The van der Waals surface area contributed by atoms with Crippen LogP contribution in [-0.2, 0) is 13.0 Å². The third kappa shape index (κ3) is 3.79. The third-order valence-electron chi connectivity index (χ3n) is 4.49. The number of anilines is 2. The Kier molecular flexibility index (Phi) is 5.21. The molecule has 1 aromatic carbocycles. The molecule has 1 aromatic heterocycles. The van der Waals surface area contributed by atoms with E-state index < -0.39 is 0 Å². The van der Waals surface area contributed by atoms with Gasteiger partial charge in [0.1, 0.15) is 18.0 Å². The summed E-state index contributed by atoms with van der Waals surface area (Å²) in [5.41, 5.74) is 2.60. The highest BCUT2D eigenvalue weighted by molar-refractivity contribution is 6.30. The Bertz CT molecular complexity index is 707. The number of rotatable bonds is 5. The monoisotopic (exact) mass is 346 g/mol. The van der Waals surface area contributed by atoms with Crippen LogP contribution in [0, 0.1) is 5.92 Å². The van der Waals surface area contributed by atoms with Crippen molar-refractivity contribution in [3.8, 4) is 0 Å². The topological polar surface area (TPSA) is 61.3 Å². The van der Waals surface area contributed by atoms with E-state index in [0.29, 0.717) is 5.92 Å². The number of nitrogens with one attached hydrogen (secondary N) is 1. The molecule has 0 fully saturated rings. The van der Waals surface area contributed by atoms with Gasteiger partial charge < -0.3 is 15.3 Å². The zero-order valence-electron chi connectivity index (χ0n) is 14.0. The van der Waals surface area contributed by atoms with Crippen molar-refractivity contribution < 1.29 is 5.11 Å². The predicted octanol–water partition coefficient (Wildman–Crippen LogP) is 3.12. The molecular formula is C18H23ClN4O. The van der Waals surface area contributed by atoms with Gasteiger partial charge in [-0.25, -0.2) is 9.97 Å². The van der Waals surface area contributed by atoms with Crippen LogP contribution in [0.2, 0.25) is 5.02 Å². The summed E-state index contributed by atoms with van der Waals surface area (Å²) < 4.78 is 0. The van der Waals surface area contributed by atoms with Crippen LogP contribution in [0.5, 0.6) is 0 Å². The van der Waals surface area contributed by atoms with E-state index in [-0.39, 0.29) is 12.6 Å². The SMILES string of the molecule is CC(C)[C@H](CO)Nc1cc(N2CCc3cc(Cl)ccc3C2)ncn1. The van der Waals surface area contributed by atoms with Gasteiger partial charge >= 0.3 is 0 Å². The number of hydrogen-bond acceptors (Lipinski definition) is 5. The van der Waals surface area contributed by atoms with Crippen LogP contribution < -0.4 is 10.2 Å². The normalized spacial score (nSPS) is 15.3. The summed E-state index contributed by atoms with van der Waals surface area (Å²) in [7, 11) is 0. The molecule has 6 heteroatoms. The molecule has 2 heterocycles. The number of benzene rings is 1. The summed E-state index contributed by atoms with van der Waals surface area (Å²) >= 11 is 6.08. The maximum atomic E-state index is 9.48. The highest BCUT2D eigenvalue weighted by Crippen LogP contribution is 2.26.